The van der Waals surface area contributed by atoms with Gasteiger partial charge in [-0.3, -0.25) is 0 Å². The zero-order valence-electron chi connectivity index (χ0n) is 14.2. The van der Waals surface area contributed by atoms with Gasteiger partial charge in [0.05, 0.1) is 27.4 Å². The minimum absolute atomic E-state index is 0.000413. The first kappa shape index (κ1) is 18.4. The van der Waals surface area contributed by atoms with Crippen molar-refractivity contribution in [2.75, 3.05) is 20.8 Å². The largest absolute Gasteiger partial charge is 0.493 e. The lowest BCUT2D eigenvalue weighted by atomic mass is 10.1. The average molecular weight is 340 g/mol. The Morgan fingerprint density at radius 3 is 2.48 bits per heavy atom. The minimum atomic E-state index is -1.11. The lowest BCUT2D eigenvalue weighted by molar-refractivity contribution is 0.0692. The van der Waals surface area contributed by atoms with Gasteiger partial charge < -0.3 is 19.3 Å². The highest BCUT2D eigenvalue weighted by molar-refractivity contribution is 5.95. The number of carboxylic acids is 1. The Balaban J connectivity index is 2.01. The summed E-state index contributed by atoms with van der Waals surface area (Å²) in [4.78, 5) is 11.5. The highest BCUT2D eigenvalue weighted by atomic mass is 16.5. The van der Waals surface area contributed by atoms with Gasteiger partial charge in [0.1, 0.15) is 5.56 Å². The molecule has 2 aromatic carbocycles. The summed E-state index contributed by atoms with van der Waals surface area (Å²) in [5.41, 5.74) is 1.48. The second-order valence-corrected chi connectivity index (χ2v) is 5.12. The van der Waals surface area contributed by atoms with Gasteiger partial charge in [-0.05, 0) is 17.7 Å². The van der Waals surface area contributed by atoms with E-state index in [4.69, 9.17) is 14.2 Å². The molecule has 0 aliphatic heterocycles. The number of ether oxygens (including phenoxy) is 3. The molecule has 0 fully saturated rings. The normalized spacial score (nSPS) is 9.84. The number of aromatic carboxylic acids is 1. The van der Waals surface area contributed by atoms with Gasteiger partial charge >= 0.3 is 5.97 Å². The van der Waals surface area contributed by atoms with Crippen molar-refractivity contribution in [1.82, 2.24) is 0 Å². The standard InChI is InChI=1S/C20H20O5/c1-23-17-12-11-16(18(20(21)22)19(17)24-2)10-6-7-13-25-14-15-8-4-3-5-9-15/h3-5,8-9,11-12H,7,13-14H2,1-2H3,(H,21,22). The van der Waals surface area contributed by atoms with Crippen molar-refractivity contribution < 1.29 is 24.1 Å². The van der Waals surface area contributed by atoms with Crippen LogP contribution in [0.3, 0.4) is 0 Å². The topological polar surface area (TPSA) is 65.0 Å². The molecule has 0 unspecified atom stereocenters. The lowest BCUT2D eigenvalue weighted by Crippen LogP contribution is -2.05. The van der Waals surface area contributed by atoms with Crippen LogP contribution in [0.1, 0.15) is 27.9 Å². The van der Waals surface area contributed by atoms with Gasteiger partial charge in [-0.25, -0.2) is 4.79 Å². The molecule has 0 spiro atoms. The third-order valence-corrected chi connectivity index (χ3v) is 3.47. The monoisotopic (exact) mass is 340 g/mol. The molecule has 5 heteroatoms. The van der Waals surface area contributed by atoms with Crippen molar-refractivity contribution in [1.29, 1.82) is 0 Å². The second kappa shape index (κ2) is 9.36. The van der Waals surface area contributed by atoms with Crippen LogP contribution in [0.2, 0.25) is 0 Å². The number of benzene rings is 2. The van der Waals surface area contributed by atoms with Crippen molar-refractivity contribution in [2.45, 2.75) is 13.0 Å². The van der Waals surface area contributed by atoms with Crippen LogP contribution < -0.4 is 9.47 Å². The molecule has 2 aromatic rings. The quantitative estimate of drug-likeness (QED) is 0.618. The predicted molar refractivity (Wildman–Crippen MR) is 94.1 cm³/mol. The number of carboxylic acid groups (broad SMARTS) is 1. The Bertz CT molecular complexity index is 772. The summed E-state index contributed by atoms with van der Waals surface area (Å²) < 4.78 is 15.8. The smallest absolute Gasteiger partial charge is 0.340 e. The Morgan fingerprint density at radius 2 is 1.84 bits per heavy atom. The SMILES string of the molecule is COc1ccc(C#CCCOCc2ccccc2)c(C(=O)O)c1OC. The van der Waals surface area contributed by atoms with Crippen molar-refractivity contribution in [2.24, 2.45) is 0 Å². The third-order valence-electron chi connectivity index (χ3n) is 3.47. The van der Waals surface area contributed by atoms with Crippen molar-refractivity contribution in [3.05, 3.63) is 59.2 Å². The van der Waals surface area contributed by atoms with Crippen LogP contribution >= 0.6 is 0 Å². The Morgan fingerprint density at radius 1 is 1.08 bits per heavy atom. The highest BCUT2D eigenvalue weighted by Crippen LogP contribution is 2.33. The molecule has 0 saturated heterocycles. The maximum Gasteiger partial charge on any atom is 0.340 e. The van der Waals surface area contributed by atoms with Crippen LogP contribution in [0.5, 0.6) is 11.5 Å². The molecule has 0 atom stereocenters. The fourth-order valence-electron chi connectivity index (χ4n) is 2.29. The molecule has 2 rings (SSSR count). The summed E-state index contributed by atoms with van der Waals surface area (Å²) >= 11 is 0. The Labute approximate surface area is 147 Å². The number of carbonyl (C=O) groups is 1. The summed E-state index contributed by atoms with van der Waals surface area (Å²) in [7, 11) is 2.86. The van der Waals surface area contributed by atoms with Gasteiger partial charge in [0.15, 0.2) is 11.5 Å². The summed E-state index contributed by atoms with van der Waals surface area (Å²) in [6.07, 6.45) is 0.500. The molecule has 0 aromatic heterocycles. The van der Waals surface area contributed by atoms with Crippen LogP contribution in [-0.4, -0.2) is 31.9 Å². The first-order chi connectivity index (χ1) is 12.2. The molecule has 0 saturated carbocycles. The van der Waals surface area contributed by atoms with Crippen LogP contribution in [0.4, 0.5) is 0 Å². The van der Waals surface area contributed by atoms with Crippen molar-refractivity contribution >= 4 is 5.97 Å². The van der Waals surface area contributed by atoms with Gasteiger partial charge in [-0.2, -0.15) is 0 Å². The first-order valence-electron chi connectivity index (χ1n) is 7.76. The van der Waals surface area contributed by atoms with Gasteiger partial charge in [0.25, 0.3) is 0 Å². The van der Waals surface area contributed by atoms with E-state index in [9.17, 15) is 9.90 Å². The van der Waals surface area contributed by atoms with Gasteiger partial charge in [0, 0.05) is 12.0 Å². The number of hydrogen-bond donors (Lipinski definition) is 1. The third kappa shape index (κ3) is 5.00. The van der Waals surface area contributed by atoms with E-state index in [2.05, 4.69) is 11.8 Å². The van der Waals surface area contributed by atoms with Crippen molar-refractivity contribution in [3.8, 4) is 23.3 Å². The van der Waals surface area contributed by atoms with Crippen LogP contribution in [0, 0.1) is 11.8 Å². The number of rotatable bonds is 7. The molecule has 0 heterocycles. The van der Waals surface area contributed by atoms with Crippen molar-refractivity contribution in [3.63, 3.8) is 0 Å². The molecule has 1 N–H and O–H groups in total. The van der Waals surface area contributed by atoms with Gasteiger partial charge in [0.2, 0.25) is 0 Å². The predicted octanol–water partition coefficient (Wildman–Crippen LogP) is 3.36. The summed E-state index contributed by atoms with van der Waals surface area (Å²) in [6.45, 7) is 0.997. The maximum atomic E-state index is 11.5. The van der Waals surface area contributed by atoms with E-state index in [-0.39, 0.29) is 11.3 Å². The minimum Gasteiger partial charge on any atom is -0.493 e. The highest BCUT2D eigenvalue weighted by Gasteiger charge is 2.19. The molecule has 25 heavy (non-hydrogen) atoms. The van der Waals surface area contributed by atoms with Crippen LogP contribution in [0.25, 0.3) is 0 Å². The molecule has 0 bridgehead atoms. The Hall–Kier alpha value is -2.97. The molecule has 0 aliphatic rings. The summed E-state index contributed by atoms with van der Waals surface area (Å²) in [6, 6.07) is 13.1. The molecule has 0 radical (unpaired) electrons. The molecule has 0 amide bonds. The molecule has 5 nitrogen and oxygen atoms in total. The van der Waals surface area contributed by atoms with E-state index >= 15 is 0 Å². The zero-order chi connectivity index (χ0) is 18.1. The average Bonchev–Trinajstić information content (AvgIpc) is 2.64. The van der Waals surface area contributed by atoms with E-state index in [1.165, 1.54) is 14.2 Å². The fraction of sp³-hybridized carbons (Fsp3) is 0.250. The molecule has 0 aliphatic carbocycles. The van der Waals surface area contributed by atoms with Crippen LogP contribution in [-0.2, 0) is 11.3 Å². The second-order valence-electron chi connectivity index (χ2n) is 5.12. The molecular formula is C20H20O5. The number of hydrogen-bond acceptors (Lipinski definition) is 4. The van der Waals surface area contributed by atoms with E-state index in [1.54, 1.807) is 12.1 Å². The van der Waals surface area contributed by atoms with Crippen LogP contribution in [0.15, 0.2) is 42.5 Å². The molecule has 130 valence electrons. The number of methoxy groups -OCH3 is 2. The van der Waals surface area contributed by atoms with E-state index < -0.39 is 5.97 Å². The Kier molecular flexibility index (Phi) is 6.87. The van der Waals surface area contributed by atoms with E-state index in [0.717, 1.165) is 5.56 Å². The lowest BCUT2D eigenvalue weighted by Gasteiger charge is -2.11. The zero-order valence-corrected chi connectivity index (χ0v) is 14.2. The summed E-state index contributed by atoms with van der Waals surface area (Å²) in [5.74, 6) is 5.23. The maximum absolute atomic E-state index is 11.5. The summed E-state index contributed by atoms with van der Waals surface area (Å²) in [5, 5.41) is 9.44. The van der Waals surface area contributed by atoms with E-state index in [0.29, 0.717) is 30.9 Å². The van der Waals surface area contributed by atoms with E-state index in [1.807, 2.05) is 30.3 Å². The van der Waals surface area contributed by atoms with Gasteiger partial charge in [-0.1, -0.05) is 42.2 Å². The fourth-order valence-corrected chi connectivity index (χ4v) is 2.29. The van der Waals surface area contributed by atoms with Gasteiger partial charge in [-0.15, -0.1) is 0 Å². The molecular weight excluding hydrogens is 320 g/mol. The first-order valence-corrected chi connectivity index (χ1v) is 7.76.